The minimum Gasteiger partial charge on any atom is -0.480 e. The van der Waals surface area contributed by atoms with Crippen molar-refractivity contribution in [2.24, 2.45) is 0 Å². The van der Waals surface area contributed by atoms with Gasteiger partial charge < -0.3 is 15.3 Å². The van der Waals surface area contributed by atoms with E-state index in [0.717, 1.165) is 25.1 Å². The molecule has 0 aliphatic carbocycles. The molecule has 0 spiro atoms. The fourth-order valence-corrected chi connectivity index (χ4v) is 4.26. The van der Waals surface area contributed by atoms with Crippen LogP contribution in [-0.4, -0.2) is 45.6 Å². The van der Waals surface area contributed by atoms with Gasteiger partial charge in [0.05, 0.1) is 5.37 Å². The number of hydrogen-bond acceptors (Lipinski definition) is 4. The molecule has 2 unspecified atom stereocenters. The second-order valence-electron chi connectivity index (χ2n) is 5.31. The maximum absolute atomic E-state index is 12.8. The van der Waals surface area contributed by atoms with Crippen LogP contribution in [0.4, 0.5) is 5.69 Å². The van der Waals surface area contributed by atoms with Crippen LogP contribution in [0.3, 0.4) is 0 Å². The van der Waals surface area contributed by atoms with Gasteiger partial charge in [0.1, 0.15) is 6.04 Å². The van der Waals surface area contributed by atoms with Crippen molar-refractivity contribution in [3.8, 4) is 0 Å². The number of anilines is 1. The number of rotatable bonds is 3. The van der Waals surface area contributed by atoms with Gasteiger partial charge in [-0.2, -0.15) is 0 Å². The molecule has 1 aromatic carbocycles. The van der Waals surface area contributed by atoms with Crippen LogP contribution >= 0.6 is 11.8 Å². The van der Waals surface area contributed by atoms with Gasteiger partial charge in [0, 0.05) is 23.5 Å². The van der Waals surface area contributed by atoms with Crippen LogP contribution in [0, 0.1) is 0 Å². The molecule has 5 nitrogen and oxygen atoms in total. The zero-order valence-corrected chi connectivity index (χ0v) is 12.7. The maximum atomic E-state index is 12.8. The molecule has 2 heterocycles. The van der Waals surface area contributed by atoms with Crippen molar-refractivity contribution < 1.29 is 14.7 Å². The predicted octanol–water partition coefficient (Wildman–Crippen LogP) is 2.03. The number of thioether (sulfide) groups is 1. The number of carbonyl (C=O) groups is 2. The Hall–Kier alpha value is -1.69. The zero-order valence-electron chi connectivity index (χ0n) is 11.8. The van der Waals surface area contributed by atoms with E-state index in [-0.39, 0.29) is 11.3 Å². The van der Waals surface area contributed by atoms with Gasteiger partial charge in [0.15, 0.2) is 0 Å². The number of benzene rings is 1. The van der Waals surface area contributed by atoms with Crippen LogP contribution < -0.4 is 5.32 Å². The van der Waals surface area contributed by atoms with Gasteiger partial charge in [-0.1, -0.05) is 13.0 Å². The van der Waals surface area contributed by atoms with Crippen LogP contribution in [0.1, 0.15) is 29.3 Å². The summed E-state index contributed by atoms with van der Waals surface area (Å²) in [5.74, 6) is -0.648. The fourth-order valence-electron chi connectivity index (χ4n) is 2.91. The molecule has 0 bridgehead atoms. The lowest BCUT2D eigenvalue weighted by Gasteiger charge is -2.26. The number of amides is 1. The summed E-state index contributed by atoms with van der Waals surface area (Å²) < 4.78 is 0. The molecule has 1 saturated heterocycles. The summed E-state index contributed by atoms with van der Waals surface area (Å²) in [6.07, 6.45) is 1.72. The molecule has 0 radical (unpaired) electrons. The number of nitrogens with zero attached hydrogens (tertiary/aromatic N) is 1. The molecular formula is C15H18N2O3S. The molecular weight excluding hydrogens is 288 g/mol. The lowest BCUT2D eigenvalue weighted by Crippen LogP contribution is -2.45. The minimum absolute atomic E-state index is 0.0557. The van der Waals surface area contributed by atoms with E-state index in [2.05, 4.69) is 5.32 Å². The minimum atomic E-state index is -0.925. The fraction of sp³-hybridized carbons (Fsp3) is 0.467. The van der Waals surface area contributed by atoms with Crippen molar-refractivity contribution in [2.75, 3.05) is 17.6 Å². The van der Waals surface area contributed by atoms with Crippen molar-refractivity contribution in [2.45, 2.75) is 31.2 Å². The Morgan fingerprint density at radius 1 is 1.48 bits per heavy atom. The van der Waals surface area contributed by atoms with Gasteiger partial charge in [0.25, 0.3) is 5.91 Å². The third-order valence-electron chi connectivity index (χ3n) is 4.03. The summed E-state index contributed by atoms with van der Waals surface area (Å²) in [7, 11) is 0. The molecule has 2 aliphatic rings. The van der Waals surface area contributed by atoms with E-state index >= 15 is 0 Å². The third kappa shape index (κ3) is 2.48. The molecule has 2 atom stereocenters. The van der Waals surface area contributed by atoms with E-state index in [0.29, 0.717) is 11.3 Å². The molecule has 6 heteroatoms. The second-order valence-corrected chi connectivity index (χ2v) is 6.52. The number of fused-ring (bicyclic) bond motifs is 1. The molecule has 21 heavy (non-hydrogen) atoms. The molecule has 0 saturated carbocycles. The average Bonchev–Trinajstić information content (AvgIpc) is 3.11. The number of hydrogen-bond donors (Lipinski definition) is 2. The SMILES string of the molecule is CCC1SCC(C(=O)O)N1C(=O)c1ccc2c(c1)NCC2. The van der Waals surface area contributed by atoms with Crippen molar-refractivity contribution in [3.63, 3.8) is 0 Å². The zero-order chi connectivity index (χ0) is 15.0. The number of aliphatic carboxylic acids is 1. The molecule has 1 fully saturated rings. The summed E-state index contributed by atoms with van der Waals surface area (Å²) in [5, 5.41) is 12.5. The van der Waals surface area contributed by atoms with E-state index in [1.165, 1.54) is 10.5 Å². The van der Waals surface area contributed by atoms with Crippen LogP contribution in [0.25, 0.3) is 0 Å². The number of carboxylic acids is 1. The Kier molecular flexibility index (Phi) is 3.80. The molecule has 3 rings (SSSR count). The molecule has 0 aromatic heterocycles. The lowest BCUT2D eigenvalue weighted by atomic mass is 10.1. The van der Waals surface area contributed by atoms with E-state index in [1.807, 2.05) is 25.1 Å². The smallest absolute Gasteiger partial charge is 0.327 e. The van der Waals surface area contributed by atoms with Gasteiger partial charge in [-0.05, 0) is 30.5 Å². The highest BCUT2D eigenvalue weighted by Gasteiger charge is 2.41. The van der Waals surface area contributed by atoms with Gasteiger partial charge in [-0.15, -0.1) is 11.8 Å². The third-order valence-corrected chi connectivity index (χ3v) is 5.48. The largest absolute Gasteiger partial charge is 0.480 e. The Labute approximate surface area is 127 Å². The molecule has 112 valence electrons. The van der Waals surface area contributed by atoms with Gasteiger partial charge >= 0.3 is 5.97 Å². The van der Waals surface area contributed by atoms with Crippen molar-refractivity contribution in [3.05, 3.63) is 29.3 Å². The van der Waals surface area contributed by atoms with Crippen LogP contribution in [0.15, 0.2) is 18.2 Å². The van der Waals surface area contributed by atoms with E-state index in [1.54, 1.807) is 11.8 Å². The summed E-state index contributed by atoms with van der Waals surface area (Å²) in [4.78, 5) is 25.7. The Morgan fingerprint density at radius 3 is 3.00 bits per heavy atom. The van der Waals surface area contributed by atoms with Crippen LogP contribution in [0.5, 0.6) is 0 Å². The first kappa shape index (κ1) is 14.3. The topological polar surface area (TPSA) is 69.6 Å². The lowest BCUT2D eigenvalue weighted by molar-refractivity contribution is -0.141. The van der Waals surface area contributed by atoms with E-state index in [4.69, 9.17) is 0 Å². The molecule has 2 N–H and O–H groups in total. The normalized spacial score (nSPS) is 23.8. The van der Waals surface area contributed by atoms with Gasteiger partial charge in [-0.25, -0.2) is 4.79 Å². The molecule has 1 amide bonds. The first-order chi connectivity index (χ1) is 10.1. The Morgan fingerprint density at radius 2 is 2.29 bits per heavy atom. The highest BCUT2D eigenvalue weighted by atomic mass is 32.2. The van der Waals surface area contributed by atoms with Gasteiger partial charge in [0.2, 0.25) is 0 Å². The quantitative estimate of drug-likeness (QED) is 0.894. The van der Waals surface area contributed by atoms with Crippen molar-refractivity contribution in [1.82, 2.24) is 4.90 Å². The summed E-state index contributed by atoms with van der Waals surface area (Å²) >= 11 is 1.54. The van der Waals surface area contributed by atoms with Crippen LogP contribution in [-0.2, 0) is 11.2 Å². The van der Waals surface area contributed by atoms with E-state index < -0.39 is 12.0 Å². The van der Waals surface area contributed by atoms with Crippen molar-refractivity contribution >= 4 is 29.3 Å². The van der Waals surface area contributed by atoms with E-state index in [9.17, 15) is 14.7 Å². The monoisotopic (exact) mass is 306 g/mol. The van der Waals surface area contributed by atoms with Crippen molar-refractivity contribution in [1.29, 1.82) is 0 Å². The molecule has 2 aliphatic heterocycles. The molecule has 1 aromatic rings. The second kappa shape index (κ2) is 5.60. The average molecular weight is 306 g/mol. The Bertz CT molecular complexity index is 590. The highest BCUT2D eigenvalue weighted by molar-refractivity contribution is 8.00. The maximum Gasteiger partial charge on any atom is 0.327 e. The summed E-state index contributed by atoms with van der Waals surface area (Å²) in [6, 6.07) is 4.89. The summed E-state index contributed by atoms with van der Waals surface area (Å²) in [5.41, 5.74) is 2.77. The first-order valence-electron chi connectivity index (χ1n) is 7.15. The van der Waals surface area contributed by atoms with Gasteiger partial charge in [-0.3, -0.25) is 4.79 Å². The predicted molar refractivity (Wildman–Crippen MR) is 82.8 cm³/mol. The highest BCUT2D eigenvalue weighted by Crippen LogP contribution is 2.33. The standard InChI is InChI=1S/C15H18N2O3S/c1-2-13-17(12(8-21-13)15(19)20)14(18)10-4-3-9-5-6-16-11(9)7-10/h3-4,7,12-13,16H,2,5-6,8H2,1H3,(H,19,20). The van der Waals surface area contributed by atoms with Crippen LogP contribution in [0.2, 0.25) is 0 Å². The number of carboxylic acid groups (broad SMARTS) is 1. The number of carbonyl (C=O) groups excluding carboxylic acids is 1. The summed E-state index contributed by atoms with van der Waals surface area (Å²) in [6.45, 7) is 2.87. The first-order valence-corrected chi connectivity index (χ1v) is 8.20. The number of nitrogens with one attached hydrogen (secondary N) is 1. The Balaban J connectivity index is 1.90.